The van der Waals surface area contributed by atoms with Crippen LogP contribution < -0.4 is 15.8 Å². The van der Waals surface area contributed by atoms with E-state index >= 15 is 0 Å². The number of amides is 1. The second kappa shape index (κ2) is 10.2. The summed E-state index contributed by atoms with van der Waals surface area (Å²) in [6.45, 7) is 4.00. The fraction of sp³-hybridized carbons (Fsp3) is 0.500. The molecule has 21 heavy (non-hydrogen) atoms. The van der Waals surface area contributed by atoms with Gasteiger partial charge in [0.15, 0.2) is 0 Å². The first-order valence-electron chi connectivity index (χ1n) is 6.50. The van der Waals surface area contributed by atoms with E-state index in [0.717, 1.165) is 3.57 Å². The van der Waals surface area contributed by atoms with Gasteiger partial charge in [0.2, 0.25) is 5.91 Å². The summed E-state index contributed by atoms with van der Waals surface area (Å²) in [5, 5.41) is 12.4. The van der Waals surface area contributed by atoms with Gasteiger partial charge in [-0.3, -0.25) is 4.79 Å². The highest BCUT2D eigenvalue weighted by atomic mass is 127. The first-order chi connectivity index (χ1) is 9.40. The minimum atomic E-state index is -0.766. The van der Waals surface area contributed by atoms with Crippen molar-refractivity contribution in [1.29, 1.82) is 0 Å². The molecular weight excluding hydrogens is 407 g/mol. The molecule has 1 rings (SSSR count). The monoisotopic (exact) mass is 428 g/mol. The van der Waals surface area contributed by atoms with Crippen LogP contribution in [0.5, 0.6) is 5.75 Å². The number of hydrogen-bond acceptors (Lipinski definition) is 4. The van der Waals surface area contributed by atoms with Crippen molar-refractivity contribution in [3.63, 3.8) is 0 Å². The van der Waals surface area contributed by atoms with Gasteiger partial charge in [0.05, 0.1) is 6.04 Å². The topological polar surface area (TPSA) is 84.6 Å². The Labute approximate surface area is 145 Å². The van der Waals surface area contributed by atoms with Crippen LogP contribution in [0.15, 0.2) is 24.3 Å². The van der Waals surface area contributed by atoms with Gasteiger partial charge in [-0.05, 0) is 52.8 Å². The quantitative estimate of drug-likeness (QED) is 0.575. The zero-order valence-corrected chi connectivity index (χ0v) is 15.1. The Morgan fingerprint density at radius 3 is 2.48 bits per heavy atom. The van der Waals surface area contributed by atoms with Crippen molar-refractivity contribution in [1.82, 2.24) is 5.32 Å². The summed E-state index contributed by atoms with van der Waals surface area (Å²) in [4.78, 5) is 11.6. The summed E-state index contributed by atoms with van der Waals surface area (Å²) in [5.41, 5.74) is 5.70. The van der Waals surface area contributed by atoms with E-state index in [0.29, 0.717) is 5.75 Å². The molecule has 5 nitrogen and oxygen atoms in total. The lowest BCUT2D eigenvalue weighted by Crippen LogP contribution is -2.46. The molecule has 1 aromatic carbocycles. The molecule has 0 aliphatic rings. The largest absolute Gasteiger partial charge is 0.491 e. The van der Waals surface area contributed by atoms with Crippen molar-refractivity contribution < 1.29 is 14.6 Å². The summed E-state index contributed by atoms with van der Waals surface area (Å²) in [5.74, 6) is 0.498. The molecule has 1 unspecified atom stereocenters. The van der Waals surface area contributed by atoms with E-state index in [1.807, 2.05) is 38.1 Å². The normalized spacial score (nSPS) is 13.2. The van der Waals surface area contributed by atoms with Gasteiger partial charge in [-0.25, -0.2) is 0 Å². The summed E-state index contributed by atoms with van der Waals surface area (Å²) in [7, 11) is 0. The minimum Gasteiger partial charge on any atom is -0.491 e. The Morgan fingerprint density at radius 1 is 1.38 bits per heavy atom. The van der Waals surface area contributed by atoms with Crippen LogP contribution >= 0.6 is 35.0 Å². The van der Waals surface area contributed by atoms with Crippen molar-refractivity contribution in [3.05, 3.63) is 27.8 Å². The lowest BCUT2D eigenvalue weighted by atomic mass is 10.1. The van der Waals surface area contributed by atoms with E-state index in [1.165, 1.54) is 0 Å². The molecular formula is C14H22ClIN2O3. The summed E-state index contributed by atoms with van der Waals surface area (Å²) < 4.78 is 6.54. The lowest BCUT2D eigenvalue weighted by Gasteiger charge is -2.17. The third-order valence-corrected chi connectivity index (χ3v) is 3.51. The molecule has 1 amide bonds. The van der Waals surface area contributed by atoms with Crippen molar-refractivity contribution >= 4 is 40.9 Å². The highest BCUT2D eigenvalue weighted by molar-refractivity contribution is 14.1. The van der Waals surface area contributed by atoms with Crippen molar-refractivity contribution in [2.75, 3.05) is 13.2 Å². The van der Waals surface area contributed by atoms with Crippen molar-refractivity contribution in [2.45, 2.75) is 26.0 Å². The number of ether oxygens (including phenoxy) is 1. The molecule has 0 heterocycles. The summed E-state index contributed by atoms with van der Waals surface area (Å²) in [6.07, 6.45) is -0.766. The Balaban J connectivity index is 0.00000400. The molecule has 0 aromatic heterocycles. The van der Waals surface area contributed by atoms with Crippen molar-refractivity contribution in [2.24, 2.45) is 11.7 Å². The number of nitrogens with one attached hydrogen (secondary N) is 1. The molecule has 7 heteroatoms. The van der Waals surface area contributed by atoms with Crippen LogP contribution in [-0.4, -0.2) is 36.3 Å². The maximum atomic E-state index is 11.6. The number of carbonyl (C=O) groups excluding carboxylic acids is 1. The highest BCUT2D eigenvalue weighted by Gasteiger charge is 2.17. The standard InChI is InChI=1S/C14H21IN2O3.ClH/c1-9(2)13(16)14(19)17-7-11(18)8-20-12-5-3-10(15)4-6-12;/h3-6,9,11,13,18H,7-8,16H2,1-2H3,(H,17,19);1H/t11?,13-;/m0./s1. The third-order valence-electron chi connectivity index (χ3n) is 2.79. The predicted octanol–water partition coefficient (Wildman–Crippen LogP) is 1.55. The average molecular weight is 429 g/mol. The second-order valence-electron chi connectivity index (χ2n) is 4.93. The Kier molecular flexibility index (Phi) is 9.93. The Morgan fingerprint density at radius 2 is 1.95 bits per heavy atom. The molecule has 4 N–H and O–H groups in total. The van der Waals surface area contributed by atoms with E-state index in [9.17, 15) is 9.90 Å². The fourth-order valence-electron chi connectivity index (χ4n) is 1.42. The molecule has 0 saturated carbocycles. The highest BCUT2D eigenvalue weighted by Crippen LogP contribution is 2.13. The van der Waals surface area contributed by atoms with Gasteiger partial charge >= 0.3 is 0 Å². The maximum Gasteiger partial charge on any atom is 0.237 e. The van der Waals surface area contributed by atoms with Crippen LogP contribution in [0.25, 0.3) is 0 Å². The zero-order chi connectivity index (χ0) is 15.1. The number of aliphatic hydroxyl groups is 1. The van der Waals surface area contributed by atoms with Gasteiger partial charge in [-0.15, -0.1) is 12.4 Å². The van der Waals surface area contributed by atoms with Crippen molar-refractivity contribution in [3.8, 4) is 5.75 Å². The molecule has 0 aliphatic heterocycles. The van der Waals surface area contributed by atoms with E-state index in [-0.39, 0.29) is 37.4 Å². The van der Waals surface area contributed by atoms with Gasteiger partial charge in [0.25, 0.3) is 0 Å². The van der Waals surface area contributed by atoms with E-state index in [4.69, 9.17) is 10.5 Å². The van der Waals surface area contributed by atoms with Crippen LogP contribution in [0, 0.1) is 9.49 Å². The molecule has 0 spiro atoms. The molecule has 0 saturated heterocycles. The first-order valence-corrected chi connectivity index (χ1v) is 7.57. The number of halogens is 2. The number of carbonyl (C=O) groups is 1. The summed E-state index contributed by atoms with van der Waals surface area (Å²) in [6, 6.07) is 6.96. The van der Waals surface area contributed by atoms with Crippen LogP contribution in [0.4, 0.5) is 0 Å². The van der Waals surface area contributed by atoms with E-state index in [1.54, 1.807) is 0 Å². The van der Waals surface area contributed by atoms with Gasteiger partial charge in [-0.2, -0.15) is 0 Å². The number of rotatable bonds is 7. The van der Waals surface area contributed by atoms with E-state index < -0.39 is 12.1 Å². The molecule has 0 aliphatic carbocycles. The molecule has 0 fully saturated rings. The Hall–Kier alpha value is -0.570. The fourth-order valence-corrected chi connectivity index (χ4v) is 1.78. The zero-order valence-electron chi connectivity index (χ0n) is 12.1. The first kappa shape index (κ1) is 20.4. The number of benzene rings is 1. The Bertz CT molecular complexity index is 429. The van der Waals surface area contributed by atoms with Gasteiger partial charge in [0, 0.05) is 10.1 Å². The van der Waals surface area contributed by atoms with Gasteiger partial charge in [0.1, 0.15) is 18.5 Å². The van der Waals surface area contributed by atoms with Gasteiger partial charge in [-0.1, -0.05) is 13.8 Å². The molecule has 1 aromatic rings. The molecule has 0 bridgehead atoms. The number of hydrogen-bond donors (Lipinski definition) is 3. The summed E-state index contributed by atoms with van der Waals surface area (Å²) >= 11 is 2.21. The van der Waals surface area contributed by atoms with Gasteiger partial charge < -0.3 is 20.9 Å². The second-order valence-corrected chi connectivity index (χ2v) is 6.18. The average Bonchev–Trinajstić information content (AvgIpc) is 2.43. The SMILES string of the molecule is CC(C)[C@H](N)C(=O)NCC(O)COc1ccc(I)cc1.Cl. The maximum absolute atomic E-state index is 11.6. The predicted molar refractivity (Wildman–Crippen MR) is 93.7 cm³/mol. The van der Waals surface area contributed by atoms with Crippen LogP contribution in [0.1, 0.15) is 13.8 Å². The van der Waals surface area contributed by atoms with Crippen LogP contribution in [-0.2, 0) is 4.79 Å². The number of nitrogens with two attached hydrogens (primary N) is 1. The molecule has 120 valence electrons. The number of aliphatic hydroxyl groups excluding tert-OH is 1. The lowest BCUT2D eigenvalue weighted by molar-refractivity contribution is -0.123. The van der Waals surface area contributed by atoms with E-state index in [2.05, 4.69) is 27.9 Å². The smallest absolute Gasteiger partial charge is 0.237 e. The van der Waals surface area contributed by atoms with Crippen LogP contribution in [0.2, 0.25) is 0 Å². The van der Waals surface area contributed by atoms with Crippen LogP contribution in [0.3, 0.4) is 0 Å². The minimum absolute atomic E-state index is 0. The molecule has 0 radical (unpaired) electrons. The molecule has 2 atom stereocenters. The third kappa shape index (κ3) is 7.85.